The Labute approximate surface area is 148 Å². The van der Waals surface area contributed by atoms with E-state index < -0.39 is 5.97 Å². The lowest BCUT2D eigenvalue weighted by Gasteiger charge is -2.17. The Kier molecular flexibility index (Phi) is 4.95. The number of anilines is 2. The Morgan fingerprint density at radius 2 is 2.00 bits per heavy atom. The molecule has 0 saturated heterocycles. The molecular weight excluding hydrogens is 340 g/mol. The lowest BCUT2D eigenvalue weighted by molar-refractivity contribution is -0.115. The molecule has 0 N–H and O–H groups in total. The van der Waals surface area contributed by atoms with Gasteiger partial charge in [-0.25, -0.2) is 9.78 Å². The maximum absolute atomic E-state index is 12.0. The van der Waals surface area contributed by atoms with Crippen LogP contribution in [0.5, 0.6) is 0 Å². The summed E-state index contributed by atoms with van der Waals surface area (Å²) in [6.45, 7) is 3.21. The lowest BCUT2D eigenvalue weighted by atomic mass is 10.3. The minimum Gasteiger partial charge on any atom is -0.469 e. The molecule has 3 aromatic rings. The summed E-state index contributed by atoms with van der Waals surface area (Å²) in [6, 6.07) is 10.8. The van der Waals surface area contributed by atoms with Gasteiger partial charge in [0.2, 0.25) is 5.91 Å². The van der Waals surface area contributed by atoms with Crippen molar-refractivity contribution in [3.8, 4) is 0 Å². The normalized spacial score (nSPS) is 10.5. The smallest absolute Gasteiger partial charge is 0.342 e. The lowest BCUT2D eigenvalue weighted by Crippen LogP contribution is -2.22. The number of aromatic nitrogens is 1. The van der Waals surface area contributed by atoms with Gasteiger partial charge < -0.3 is 9.15 Å². The van der Waals surface area contributed by atoms with E-state index in [4.69, 9.17) is 9.15 Å². The molecule has 1 amide bonds. The Balaban J connectivity index is 1.72. The monoisotopic (exact) mass is 356 g/mol. The van der Waals surface area contributed by atoms with Gasteiger partial charge >= 0.3 is 5.97 Å². The van der Waals surface area contributed by atoms with Crippen LogP contribution in [0.3, 0.4) is 0 Å². The van der Waals surface area contributed by atoms with Gasteiger partial charge in [0.15, 0.2) is 5.13 Å². The fraction of sp³-hybridized carbons (Fsp3) is 0.167. The molecule has 7 heteroatoms. The predicted molar refractivity (Wildman–Crippen MR) is 93.9 cm³/mol. The summed E-state index contributed by atoms with van der Waals surface area (Å²) in [5.74, 6) is -0.0961. The number of hydrogen-bond acceptors (Lipinski definition) is 6. The molecule has 0 aliphatic carbocycles. The Morgan fingerprint density at radius 3 is 2.64 bits per heavy atom. The van der Waals surface area contributed by atoms with E-state index in [9.17, 15) is 9.59 Å². The summed E-state index contributed by atoms with van der Waals surface area (Å²) >= 11 is 1.32. The van der Waals surface area contributed by atoms with Gasteiger partial charge in [-0.1, -0.05) is 18.2 Å². The van der Waals surface area contributed by atoms with Crippen LogP contribution in [-0.4, -0.2) is 16.9 Å². The van der Waals surface area contributed by atoms with Crippen molar-refractivity contribution in [1.82, 2.24) is 4.98 Å². The number of benzene rings is 1. The van der Waals surface area contributed by atoms with Crippen molar-refractivity contribution in [1.29, 1.82) is 0 Å². The zero-order valence-electron chi connectivity index (χ0n) is 13.8. The van der Waals surface area contributed by atoms with Crippen molar-refractivity contribution in [3.63, 3.8) is 0 Å². The molecule has 0 aliphatic rings. The van der Waals surface area contributed by atoms with E-state index in [2.05, 4.69) is 4.98 Å². The van der Waals surface area contributed by atoms with Gasteiger partial charge in [0.05, 0.1) is 17.6 Å². The Bertz CT molecular complexity index is 885. The molecule has 1 aromatic carbocycles. The predicted octanol–water partition coefficient (Wildman–Crippen LogP) is 4.09. The first-order chi connectivity index (χ1) is 12.1. The summed E-state index contributed by atoms with van der Waals surface area (Å²) in [5, 5.41) is 2.30. The average molecular weight is 356 g/mol. The molecular formula is C18H16N2O4S. The van der Waals surface area contributed by atoms with Crippen molar-refractivity contribution in [2.45, 2.75) is 20.5 Å². The number of ether oxygens (including phenoxy) is 1. The molecule has 0 saturated carbocycles. The van der Waals surface area contributed by atoms with Crippen LogP contribution < -0.4 is 4.90 Å². The maximum Gasteiger partial charge on any atom is 0.342 e. The van der Waals surface area contributed by atoms with Crippen molar-refractivity contribution in [3.05, 3.63) is 65.1 Å². The quantitative estimate of drug-likeness (QED) is 0.644. The van der Waals surface area contributed by atoms with Gasteiger partial charge in [-0.05, 0) is 25.1 Å². The zero-order chi connectivity index (χ0) is 17.8. The van der Waals surface area contributed by atoms with Gasteiger partial charge in [-0.3, -0.25) is 9.69 Å². The molecule has 0 fully saturated rings. The number of carbonyl (C=O) groups excluding carboxylic acids is 2. The highest BCUT2D eigenvalue weighted by Gasteiger charge is 2.19. The van der Waals surface area contributed by atoms with Gasteiger partial charge in [0.25, 0.3) is 0 Å². The maximum atomic E-state index is 12.0. The third-order valence-corrected chi connectivity index (χ3v) is 4.36. The number of aryl methyl sites for hydroxylation is 1. The molecule has 0 radical (unpaired) electrons. The third-order valence-electron chi connectivity index (χ3n) is 3.49. The molecule has 3 rings (SSSR count). The molecule has 0 spiro atoms. The highest BCUT2D eigenvalue weighted by molar-refractivity contribution is 7.14. The van der Waals surface area contributed by atoms with Gasteiger partial charge in [0, 0.05) is 12.3 Å². The van der Waals surface area contributed by atoms with Crippen molar-refractivity contribution in [2.24, 2.45) is 0 Å². The summed E-state index contributed by atoms with van der Waals surface area (Å²) in [4.78, 5) is 29.9. The number of esters is 1. The molecule has 128 valence electrons. The molecule has 0 unspecified atom stereocenters. The van der Waals surface area contributed by atoms with Crippen LogP contribution in [0.2, 0.25) is 0 Å². The number of amides is 1. The molecule has 2 aromatic heterocycles. The first-order valence-electron chi connectivity index (χ1n) is 7.57. The number of hydrogen-bond donors (Lipinski definition) is 0. The Hall–Kier alpha value is -2.93. The van der Waals surface area contributed by atoms with E-state index in [0.717, 1.165) is 5.69 Å². The third kappa shape index (κ3) is 3.77. The van der Waals surface area contributed by atoms with E-state index >= 15 is 0 Å². The summed E-state index contributed by atoms with van der Waals surface area (Å²) < 4.78 is 10.3. The largest absolute Gasteiger partial charge is 0.469 e. The van der Waals surface area contributed by atoms with Crippen LogP contribution in [0.15, 0.2) is 52.5 Å². The second-order valence-electron chi connectivity index (χ2n) is 5.28. The van der Waals surface area contributed by atoms with Crippen LogP contribution in [-0.2, 0) is 16.1 Å². The average Bonchev–Trinajstić information content (AvgIpc) is 3.23. The molecule has 0 aliphatic heterocycles. The van der Waals surface area contributed by atoms with E-state index in [-0.39, 0.29) is 12.5 Å². The highest BCUT2D eigenvalue weighted by Crippen LogP contribution is 2.29. The van der Waals surface area contributed by atoms with Crippen LogP contribution in [0.1, 0.15) is 28.7 Å². The van der Waals surface area contributed by atoms with Gasteiger partial charge in [-0.2, -0.15) is 0 Å². The first-order valence-corrected chi connectivity index (χ1v) is 8.45. The fourth-order valence-electron chi connectivity index (χ4n) is 2.28. The van der Waals surface area contributed by atoms with Crippen LogP contribution in [0, 0.1) is 6.92 Å². The SMILES string of the molecule is CC(=O)N(c1ccccc1)c1nc(COC(=O)c2ccoc2C)cs1. The zero-order valence-corrected chi connectivity index (χ0v) is 14.6. The summed E-state index contributed by atoms with van der Waals surface area (Å²) in [7, 11) is 0. The molecule has 0 atom stereocenters. The second-order valence-corrected chi connectivity index (χ2v) is 6.11. The number of para-hydroxylation sites is 1. The first kappa shape index (κ1) is 16.9. The van der Waals surface area contributed by atoms with Crippen LogP contribution >= 0.6 is 11.3 Å². The highest BCUT2D eigenvalue weighted by atomic mass is 32.1. The van der Waals surface area contributed by atoms with Crippen molar-refractivity contribution >= 4 is 34.0 Å². The standard InChI is InChI=1S/C18H16N2O4S/c1-12-16(8-9-23-12)17(22)24-10-14-11-25-18(19-14)20(13(2)21)15-6-4-3-5-7-15/h3-9,11H,10H2,1-2H3. The number of rotatable bonds is 5. The minimum absolute atomic E-state index is 0.0283. The van der Waals surface area contributed by atoms with E-state index in [1.54, 1.807) is 18.4 Å². The molecule has 2 heterocycles. The topological polar surface area (TPSA) is 72.6 Å². The molecule has 25 heavy (non-hydrogen) atoms. The molecule has 0 bridgehead atoms. The Morgan fingerprint density at radius 1 is 1.24 bits per heavy atom. The molecule has 6 nitrogen and oxygen atoms in total. The van der Waals surface area contributed by atoms with Crippen molar-refractivity contribution < 1.29 is 18.7 Å². The number of carbonyl (C=O) groups is 2. The summed E-state index contributed by atoms with van der Waals surface area (Å²) in [6.07, 6.45) is 1.44. The van der Waals surface area contributed by atoms with Gasteiger partial charge in [0.1, 0.15) is 17.9 Å². The van der Waals surface area contributed by atoms with Crippen LogP contribution in [0.4, 0.5) is 10.8 Å². The second kappa shape index (κ2) is 7.31. The van der Waals surface area contributed by atoms with E-state index in [1.165, 1.54) is 29.4 Å². The summed E-state index contributed by atoms with van der Waals surface area (Å²) in [5.41, 5.74) is 1.71. The fourth-order valence-corrected chi connectivity index (χ4v) is 3.15. The van der Waals surface area contributed by atoms with E-state index in [1.807, 2.05) is 30.3 Å². The van der Waals surface area contributed by atoms with Crippen LogP contribution in [0.25, 0.3) is 0 Å². The van der Waals surface area contributed by atoms with Gasteiger partial charge in [-0.15, -0.1) is 11.3 Å². The number of thiazole rings is 1. The number of furan rings is 1. The van der Waals surface area contributed by atoms with E-state index in [0.29, 0.717) is 22.1 Å². The number of nitrogens with zero attached hydrogens (tertiary/aromatic N) is 2. The minimum atomic E-state index is -0.465. The van der Waals surface area contributed by atoms with Crippen molar-refractivity contribution in [2.75, 3.05) is 4.90 Å².